The lowest BCUT2D eigenvalue weighted by molar-refractivity contribution is -0.148. The minimum atomic E-state index is -0.261. The summed E-state index contributed by atoms with van der Waals surface area (Å²) in [6, 6.07) is 19.3. The lowest BCUT2D eigenvalue weighted by Gasteiger charge is -2.19. The van der Waals surface area contributed by atoms with E-state index in [0.29, 0.717) is 25.0 Å². The number of esters is 1. The molecule has 0 radical (unpaired) electrons. The summed E-state index contributed by atoms with van der Waals surface area (Å²) in [7, 11) is 0. The van der Waals surface area contributed by atoms with Crippen molar-refractivity contribution in [2.75, 3.05) is 6.61 Å². The number of ether oxygens (including phenoxy) is 1. The van der Waals surface area contributed by atoms with Crippen LogP contribution in [0.2, 0.25) is 0 Å². The maximum absolute atomic E-state index is 12.6. The summed E-state index contributed by atoms with van der Waals surface area (Å²) in [6.45, 7) is 4.07. The molecule has 0 aliphatic rings. The first-order valence-electron chi connectivity index (χ1n) is 8.91. The van der Waals surface area contributed by atoms with Crippen LogP contribution in [0.5, 0.6) is 0 Å². The molecule has 0 aliphatic carbocycles. The normalized spacial score (nSPS) is 13.0. The first kappa shape index (κ1) is 18.9. The second-order valence-electron chi connectivity index (χ2n) is 6.34. The number of hydrogen-bond acceptors (Lipinski definition) is 3. The molecule has 0 aromatic heterocycles. The van der Waals surface area contributed by atoms with E-state index >= 15 is 0 Å². The quantitative estimate of drug-likeness (QED) is 0.491. The van der Waals surface area contributed by atoms with Crippen LogP contribution < -0.4 is 0 Å². The predicted octanol–water partition coefficient (Wildman–Crippen LogP) is 4.71. The van der Waals surface area contributed by atoms with Gasteiger partial charge in [0, 0.05) is 11.5 Å². The van der Waals surface area contributed by atoms with Gasteiger partial charge in [-0.15, -0.1) is 0 Å². The van der Waals surface area contributed by atoms with Crippen molar-refractivity contribution in [1.82, 2.24) is 0 Å². The third kappa shape index (κ3) is 5.86. The fraction of sp³-hybridized carbons (Fsp3) is 0.364. The monoisotopic (exact) mass is 338 g/mol. The summed E-state index contributed by atoms with van der Waals surface area (Å²) in [5, 5.41) is 0. The van der Waals surface area contributed by atoms with Crippen molar-refractivity contribution in [1.29, 1.82) is 0 Å². The van der Waals surface area contributed by atoms with Crippen LogP contribution in [0, 0.1) is 11.8 Å². The standard InChI is InChI=1S/C22H26O3/c1-3-25-22(24)20(15-14-18-10-6-4-7-11-18)16-17(2)21(23)19-12-8-5-9-13-19/h4-13,17,20H,3,14-16H2,1-2H3/t17-,20-/m1/s1. The van der Waals surface area contributed by atoms with Gasteiger partial charge in [0.1, 0.15) is 0 Å². The highest BCUT2D eigenvalue weighted by Crippen LogP contribution is 2.23. The second-order valence-corrected chi connectivity index (χ2v) is 6.34. The Morgan fingerprint density at radius 3 is 2.16 bits per heavy atom. The van der Waals surface area contributed by atoms with E-state index in [9.17, 15) is 9.59 Å². The van der Waals surface area contributed by atoms with E-state index in [4.69, 9.17) is 4.74 Å². The number of aryl methyl sites for hydroxylation is 1. The largest absolute Gasteiger partial charge is 0.466 e. The van der Waals surface area contributed by atoms with Gasteiger partial charge < -0.3 is 4.74 Å². The molecule has 0 N–H and O–H groups in total. The summed E-state index contributed by atoms with van der Waals surface area (Å²) >= 11 is 0. The van der Waals surface area contributed by atoms with Crippen LogP contribution in [-0.2, 0) is 16.0 Å². The minimum absolute atomic E-state index is 0.0783. The summed E-state index contributed by atoms with van der Waals surface area (Å²) in [6.07, 6.45) is 2.01. The van der Waals surface area contributed by atoms with Crippen LogP contribution in [0.3, 0.4) is 0 Å². The van der Waals surface area contributed by atoms with Crippen molar-refractivity contribution >= 4 is 11.8 Å². The second kappa shape index (κ2) is 9.77. The SMILES string of the molecule is CCOC(=O)[C@H](CCc1ccccc1)C[C@@H](C)C(=O)c1ccccc1. The number of rotatable bonds is 9. The Morgan fingerprint density at radius 1 is 0.960 bits per heavy atom. The molecule has 0 unspecified atom stereocenters. The maximum Gasteiger partial charge on any atom is 0.308 e. The topological polar surface area (TPSA) is 43.4 Å². The van der Waals surface area contributed by atoms with E-state index in [1.54, 1.807) is 0 Å². The first-order valence-corrected chi connectivity index (χ1v) is 8.91. The Hall–Kier alpha value is -2.42. The third-order valence-corrected chi connectivity index (χ3v) is 4.39. The van der Waals surface area contributed by atoms with Gasteiger partial charge in [-0.3, -0.25) is 9.59 Å². The highest BCUT2D eigenvalue weighted by Gasteiger charge is 2.26. The van der Waals surface area contributed by atoms with Crippen LogP contribution in [0.25, 0.3) is 0 Å². The summed E-state index contributed by atoms with van der Waals surface area (Å²) in [4.78, 5) is 24.9. The molecular weight excluding hydrogens is 312 g/mol. The van der Waals surface area contributed by atoms with Gasteiger partial charge in [-0.2, -0.15) is 0 Å². The number of carbonyl (C=O) groups is 2. The highest BCUT2D eigenvalue weighted by molar-refractivity contribution is 5.97. The third-order valence-electron chi connectivity index (χ3n) is 4.39. The lowest BCUT2D eigenvalue weighted by atomic mass is 9.86. The van der Waals surface area contributed by atoms with Gasteiger partial charge >= 0.3 is 5.97 Å². The van der Waals surface area contributed by atoms with E-state index in [-0.39, 0.29) is 23.6 Å². The molecule has 25 heavy (non-hydrogen) atoms. The van der Waals surface area contributed by atoms with Gasteiger partial charge in [0.05, 0.1) is 12.5 Å². The van der Waals surface area contributed by atoms with E-state index < -0.39 is 0 Å². The van der Waals surface area contributed by atoms with E-state index in [1.807, 2.05) is 62.4 Å². The number of Topliss-reactive ketones (excluding diaryl/α,β-unsaturated/α-hetero) is 1. The molecular formula is C22H26O3. The molecule has 0 aliphatic heterocycles. The van der Waals surface area contributed by atoms with Crippen molar-refractivity contribution in [3.8, 4) is 0 Å². The summed E-state index contributed by atoms with van der Waals surface area (Å²) in [5.74, 6) is -0.601. The van der Waals surface area contributed by atoms with E-state index in [1.165, 1.54) is 5.56 Å². The van der Waals surface area contributed by atoms with Crippen LogP contribution in [-0.4, -0.2) is 18.4 Å². The fourth-order valence-electron chi connectivity index (χ4n) is 3.00. The molecule has 0 spiro atoms. The smallest absolute Gasteiger partial charge is 0.308 e. The highest BCUT2D eigenvalue weighted by atomic mass is 16.5. The van der Waals surface area contributed by atoms with Gasteiger partial charge in [0.25, 0.3) is 0 Å². The molecule has 0 saturated heterocycles. The summed E-state index contributed by atoms with van der Waals surface area (Å²) < 4.78 is 5.23. The maximum atomic E-state index is 12.6. The van der Waals surface area contributed by atoms with Crippen LogP contribution in [0.4, 0.5) is 0 Å². The molecule has 2 aromatic carbocycles. The molecule has 0 bridgehead atoms. The van der Waals surface area contributed by atoms with Gasteiger partial charge in [-0.05, 0) is 31.7 Å². The van der Waals surface area contributed by atoms with E-state index in [2.05, 4.69) is 12.1 Å². The zero-order valence-corrected chi connectivity index (χ0v) is 15.0. The predicted molar refractivity (Wildman–Crippen MR) is 99.4 cm³/mol. The summed E-state index contributed by atoms with van der Waals surface area (Å²) in [5.41, 5.74) is 1.89. The van der Waals surface area contributed by atoms with Gasteiger partial charge in [-0.1, -0.05) is 67.6 Å². The average molecular weight is 338 g/mol. The molecule has 2 rings (SSSR count). The number of carbonyl (C=O) groups excluding carboxylic acids is 2. The molecule has 0 saturated carbocycles. The molecule has 132 valence electrons. The minimum Gasteiger partial charge on any atom is -0.466 e. The van der Waals surface area contributed by atoms with Gasteiger partial charge in [-0.25, -0.2) is 0 Å². The zero-order chi connectivity index (χ0) is 18.1. The first-order chi connectivity index (χ1) is 12.1. The Kier molecular flexibility index (Phi) is 7.39. The molecule has 2 aromatic rings. The van der Waals surface area contributed by atoms with Gasteiger partial charge in [0.15, 0.2) is 5.78 Å². The van der Waals surface area contributed by atoms with Crippen molar-refractivity contribution in [3.05, 3.63) is 71.8 Å². The van der Waals surface area contributed by atoms with Crippen molar-refractivity contribution in [2.24, 2.45) is 11.8 Å². The fourth-order valence-corrected chi connectivity index (χ4v) is 3.00. The Balaban J connectivity index is 2.02. The molecule has 3 heteroatoms. The average Bonchev–Trinajstić information content (AvgIpc) is 2.66. The number of benzene rings is 2. The van der Waals surface area contributed by atoms with Crippen molar-refractivity contribution in [2.45, 2.75) is 33.1 Å². The van der Waals surface area contributed by atoms with Crippen LogP contribution >= 0.6 is 0 Å². The Labute approximate surface area is 150 Å². The van der Waals surface area contributed by atoms with E-state index in [0.717, 1.165) is 6.42 Å². The van der Waals surface area contributed by atoms with Crippen LogP contribution in [0.15, 0.2) is 60.7 Å². The molecule has 2 atom stereocenters. The number of ketones is 1. The number of hydrogen-bond donors (Lipinski definition) is 0. The molecule has 0 amide bonds. The van der Waals surface area contributed by atoms with Crippen molar-refractivity contribution in [3.63, 3.8) is 0 Å². The molecule has 0 fully saturated rings. The molecule has 0 heterocycles. The zero-order valence-electron chi connectivity index (χ0n) is 15.0. The van der Waals surface area contributed by atoms with Crippen molar-refractivity contribution < 1.29 is 14.3 Å². The van der Waals surface area contributed by atoms with Gasteiger partial charge in [0.2, 0.25) is 0 Å². The molecule has 3 nitrogen and oxygen atoms in total. The lowest BCUT2D eigenvalue weighted by Crippen LogP contribution is -2.24. The van der Waals surface area contributed by atoms with Crippen LogP contribution in [0.1, 0.15) is 42.6 Å². The Bertz CT molecular complexity index is 664. The Morgan fingerprint density at radius 2 is 1.56 bits per heavy atom.